The minimum Gasteiger partial charge on any atom is -0.466 e. The van der Waals surface area contributed by atoms with Gasteiger partial charge in [0.1, 0.15) is 6.04 Å². The van der Waals surface area contributed by atoms with E-state index < -0.39 is 35.2 Å². The Morgan fingerprint density at radius 3 is 2.45 bits per heavy atom. The molecule has 2 N–H and O–H groups in total. The zero-order valence-electron chi connectivity index (χ0n) is 18.7. The van der Waals surface area contributed by atoms with Crippen molar-refractivity contribution in [1.29, 1.82) is 0 Å². The average molecular weight is 470 g/mol. The lowest BCUT2D eigenvalue weighted by Crippen LogP contribution is -2.57. The van der Waals surface area contributed by atoms with E-state index in [1.165, 1.54) is 18.9 Å². The minimum atomic E-state index is -1.01. The summed E-state index contributed by atoms with van der Waals surface area (Å²) in [5, 5.41) is 4.89. The number of fused-ring (bicyclic) bond motifs is 1. The van der Waals surface area contributed by atoms with Crippen LogP contribution in [0.4, 0.5) is 5.69 Å². The summed E-state index contributed by atoms with van der Waals surface area (Å²) in [5.74, 6) is -1.46. The van der Waals surface area contributed by atoms with Gasteiger partial charge in [0.05, 0.1) is 18.9 Å². The largest absolute Gasteiger partial charge is 0.466 e. The molecule has 2 aromatic carbocycles. The van der Waals surface area contributed by atoms with Gasteiger partial charge < -0.3 is 20.3 Å². The molecule has 9 heteroatoms. The number of ether oxygens (including phenoxy) is 1. The Kier molecular flexibility index (Phi) is 8.11. The van der Waals surface area contributed by atoms with E-state index in [4.69, 9.17) is 4.74 Å². The first-order valence-electron chi connectivity index (χ1n) is 10.5. The Bertz CT molecular complexity index is 1030. The van der Waals surface area contributed by atoms with Crippen LogP contribution in [0.2, 0.25) is 0 Å². The third-order valence-electron chi connectivity index (χ3n) is 5.26. The summed E-state index contributed by atoms with van der Waals surface area (Å²) in [5.41, 5.74) is 2.50. The molecular weight excluding hydrogens is 442 g/mol. The number of hydrogen-bond donors (Lipinski definition) is 2. The molecule has 3 rings (SSSR count). The van der Waals surface area contributed by atoms with E-state index >= 15 is 0 Å². The van der Waals surface area contributed by atoms with Gasteiger partial charge in [-0.25, -0.2) is 4.79 Å². The van der Waals surface area contributed by atoms with E-state index in [9.17, 15) is 19.2 Å². The first-order chi connectivity index (χ1) is 15.8. The van der Waals surface area contributed by atoms with Crippen LogP contribution in [0.3, 0.4) is 0 Å². The zero-order chi connectivity index (χ0) is 24.0. The summed E-state index contributed by atoms with van der Waals surface area (Å²) < 4.78 is 4.87. The molecule has 1 unspecified atom stereocenters. The smallest absolute Gasteiger partial charge is 0.349 e. The first kappa shape index (κ1) is 24.3. The number of para-hydroxylation sites is 1. The van der Waals surface area contributed by atoms with Crippen LogP contribution in [0.25, 0.3) is 0 Å². The number of hydrogen-bond acceptors (Lipinski definition) is 7. The second-order valence-electron chi connectivity index (χ2n) is 7.71. The Morgan fingerprint density at radius 1 is 1.12 bits per heavy atom. The van der Waals surface area contributed by atoms with Crippen molar-refractivity contribution >= 4 is 40.3 Å². The molecule has 0 aliphatic carbocycles. The van der Waals surface area contributed by atoms with Crippen molar-refractivity contribution in [2.75, 3.05) is 12.4 Å². The van der Waals surface area contributed by atoms with Gasteiger partial charge in [-0.15, -0.1) is 0 Å². The van der Waals surface area contributed by atoms with E-state index in [0.29, 0.717) is 6.42 Å². The number of methoxy groups -OCH3 is 1. The first-order valence-corrected chi connectivity index (χ1v) is 11.4. The lowest BCUT2D eigenvalue weighted by Gasteiger charge is -2.37. The fraction of sp³-hybridized carbons (Fsp3) is 0.333. The Morgan fingerprint density at radius 2 is 1.79 bits per heavy atom. The minimum absolute atomic E-state index is 0.187. The highest BCUT2D eigenvalue weighted by molar-refractivity contribution is 8.14. The average Bonchev–Trinajstić information content (AvgIpc) is 2.82. The van der Waals surface area contributed by atoms with Crippen molar-refractivity contribution in [1.82, 2.24) is 10.2 Å². The molecule has 0 spiro atoms. The number of thioether (sulfide) groups is 1. The van der Waals surface area contributed by atoms with Crippen molar-refractivity contribution < 1.29 is 23.9 Å². The Hall–Kier alpha value is -3.33. The highest BCUT2D eigenvalue weighted by atomic mass is 32.2. The molecule has 0 fully saturated rings. The van der Waals surface area contributed by atoms with E-state index in [1.54, 1.807) is 6.92 Å². The molecule has 1 aliphatic rings. The maximum Gasteiger partial charge on any atom is 0.349 e. The molecule has 0 saturated heterocycles. The standard InChI is InChI=1S/C24H27N3O5S/c1-15(25-22(29)20(33-16(2)28)13-17-9-5-4-6-10-17)23(30)27-14-18-11-7-8-12-19(18)26-21(27)24(31)32-3/h4-12,15,20-21,26H,13-14H2,1-3H3,(H,25,29)/t15-,20-,21?/m0/s1. The number of anilines is 1. The molecule has 1 aliphatic heterocycles. The van der Waals surface area contributed by atoms with E-state index in [1.807, 2.05) is 54.6 Å². The molecule has 174 valence electrons. The number of carbonyl (C=O) groups excluding carboxylic acids is 4. The molecule has 8 nitrogen and oxygen atoms in total. The van der Waals surface area contributed by atoms with E-state index in [2.05, 4.69) is 10.6 Å². The maximum atomic E-state index is 13.3. The van der Waals surface area contributed by atoms with Crippen LogP contribution in [0, 0.1) is 0 Å². The summed E-state index contributed by atoms with van der Waals surface area (Å²) in [7, 11) is 1.26. The molecule has 0 aromatic heterocycles. The molecule has 1 heterocycles. The van der Waals surface area contributed by atoms with Gasteiger partial charge in [0.15, 0.2) is 5.12 Å². The van der Waals surface area contributed by atoms with Crippen molar-refractivity contribution in [3.8, 4) is 0 Å². The van der Waals surface area contributed by atoms with Gasteiger partial charge in [-0.05, 0) is 30.5 Å². The van der Waals surface area contributed by atoms with Crippen LogP contribution in [-0.2, 0) is 36.9 Å². The molecule has 2 aromatic rings. The quantitative estimate of drug-likeness (QED) is 0.600. The van der Waals surface area contributed by atoms with Gasteiger partial charge in [-0.2, -0.15) is 0 Å². The molecule has 2 amide bonds. The maximum absolute atomic E-state index is 13.3. The Labute approximate surface area is 197 Å². The van der Waals surface area contributed by atoms with Crippen LogP contribution >= 0.6 is 11.8 Å². The van der Waals surface area contributed by atoms with Crippen molar-refractivity contribution in [3.63, 3.8) is 0 Å². The lowest BCUT2D eigenvalue weighted by molar-refractivity contribution is -0.153. The third-order valence-corrected chi connectivity index (χ3v) is 6.26. The number of nitrogens with zero attached hydrogens (tertiary/aromatic N) is 1. The predicted octanol–water partition coefficient (Wildman–Crippen LogP) is 2.34. The summed E-state index contributed by atoms with van der Waals surface area (Å²) in [6.07, 6.45) is -0.662. The number of esters is 1. The molecule has 0 bridgehead atoms. The van der Waals surface area contributed by atoms with Gasteiger partial charge in [0, 0.05) is 12.6 Å². The fourth-order valence-electron chi connectivity index (χ4n) is 3.64. The topological polar surface area (TPSA) is 105 Å². The highest BCUT2D eigenvalue weighted by Gasteiger charge is 2.37. The van der Waals surface area contributed by atoms with Crippen molar-refractivity contribution in [3.05, 3.63) is 65.7 Å². The fourth-order valence-corrected chi connectivity index (χ4v) is 4.49. The number of benzene rings is 2. The summed E-state index contributed by atoms with van der Waals surface area (Å²) in [4.78, 5) is 51.7. The normalized spacial score (nSPS) is 16.6. The summed E-state index contributed by atoms with van der Waals surface area (Å²) >= 11 is 0.929. The third kappa shape index (κ3) is 6.13. The van der Waals surface area contributed by atoms with Crippen molar-refractivity contribution in [2.45, 2.75) is 44.3 Å². The van der Waals surface area contributed by atoms with Gasteiger partial charge in [0.2, 0.25) is 18.0 Å². The molecule has 0 saturated carbocycles. The van der Waals surface area contributed by atoms with E-state index in [-0.39, 0.29) is 11.7 Å². The number of rotatable bonds is 7. The van der Waals surface area contributed by atoms with Crippen LogP contribution in [0.15, 0.2) is 54.6 Å². The van der Waals surface area contributed by atoms with Gasteiger partial charge >= 0.3 is 5.97 Å². The van der Waals surface area contributed by atoms with Crippen LogP contribution < -0.4 is 10.6 Å². The number of carbonyl (C=O) groups is 4. The van der Waals surface area contributed by atoms with Crippen LogP contribution in [0.1, 0.15) is 25.0 Å². The summed E-state index contributed by atoms with van der Waals surface area (Å²) in [6, 6.07) is 15.8. The van der Waals surface area contributed by atoms with E-state index in [0.717, 1.165) is 28.6 Å². The number of amides is 2. The van der Waals surface area contributed by atoms with Gasteiger partial charge in [-0.1, -0.05) is 60.3 Å². The van der Waals surface area contributed by atoms with Crippen LogP contribution in [-0.4, -0.2) is 52.4 Å². The zero-order valence-corrected chi connectivity index (χ0v) is 19.6. The van der Waals surface area contributed by atoms with Crippen molar-refractivity contribution in [2.24, 2.45) is 0 Å². The van der Waals surface area contributed by atoms with Gasteiger partial charge in [0.25, 0.3) is 0 Å². The monoisotopic (exact) mass is 469 g/mol. The predicted molar refractivity (Wildman–Crippen MR) is 126 cm³/mol. The lowest BCUT2D eigenvalue weighted by atomic mass is 10.1. The molecule has 33 heavy (non-hydrogen) atoms. The number of nitrogens with one attached hydrogen (secondary N) is 2. The second kappa shape index (κ2) is 11.0. The molecule has 0 radical (unpaired) electrons. The molecular formula is C24H27N3O5S. The van der Waals surface area contributed by atoms with Crippen LogP contribution in [0.5, 0.6) is 0 Å². The second-order valence-corrected chi connectivity index (χ2v) is 9.09. The summed E-state index contributed by atoms with van der Waals surface area (Å²) in [6.45, 7) is 3.16. The highest BCUT2D eigenvalue weighted by Crippen LogP contribution is 2.26. The SMILES string of the molecule is COC(=O)C1Nc2ccccc2CN1C(=O)[C@H](C)NC(=O)[C@H](Cc1ccccc1)SC(C)=O. The molecule has 3 atom stereocenters. The Balaban J connectivity index is 1.74. The van der Waals surface area contributed by atoms with Gasteiger partial charge in [-0.3, -0.25) is 14.4 Å².